The van der Waals surface area contributed by atoms with E-state index in [1.165, 1.54) is 11.7 Å². The molecule has 0 atom stereocenters. The second kappa shape index (κ2) is 4.76. The first-order chi connectivity index (χ1) is 7.27. The van der Waals surface area contributed by atoms with Crippen LogP contribution in [-0.2, 0) is 4.74 Å². The van der Waals surface area contributed by atoms with Gasteiger partial charge in [-0.3, -0.25) is 0 Å². The minimum absolute atomic E-state index is 0.133. The molecule has 0 N–H and O–H groups in total. The molecule has 0 unspecified atom stereocenters. The molecule has 2 rings (SSSR count). The van der Waals surface area contributed by atoms with E-state index in [1.807, 2.05) is 13.8 Å². The molecule has 1 aromatic rings. The van der Waals surface area contributed by atoms with Gasteiger partial charge in [0, 0.05) is 13.1 Å². The standard InChI is InChI=1S/C9H15N3O2S/c1-7(2)14-9-8(10-15-11-9)12-3-5-13-6-4-12/h7H,3-6H2,1-2H3. The smallest absolute Gasteiger partial charge is 0.271 e. The van der Waals surface area contributed by atoms with Gasteiger partial charge in [-0.1, -0.05) is 0 Å². The van der Waals surface area contributed by atoms with Crippen LogP contribution >= 0.6 is 11.7 Å². The fourth-order valence-electron chi connectivity index (χ4n) is 1.44. The van der Waals surface area contributed by atoms with Crippen molar-refractivity contribution in [2.24, 2.45) is 0 Å². The summed E-state index contributed by atoms with van der Waals surface area (Å²) in [6.07, 6.45) is 0.133. The minimum atomic E-state index is 0.133. The van der Waals surface area contributed by atoms with E-state index < -0.39 is 0 Å². The molecule has 0 aliphatic carbocycles. The van der Waals surface area contributed by atoms with E-state index in [-0.39, 0.29) is 6.10 Å². The highest BCUT2D eigenvalue weighted by Crippen LogP contribution is 2.26. The summed E-state index contributed by atoms with van der Waals surface area (Å²) in [6, 6.07) is 0. The number of aromatic nitrogens is 2. The zero-order valence-corrected chi connectivity index (χ0v) is 9.79. The van der Waals surface area contributed by atoms with Crippen LogP contribution in [0.25, 0.3) is 0 Å². The van der Waals surface area contributed by atoms with E-state index in [2.05, 4.69) is 13.6 Å². The van der Waals surface area contributed by atoms with Gasteiger partial charge >= 0.3 is 0 Å². The Morgan fingerprint density at radius 3 is 2.73 bits per heavy atom. The van der Waals surface area contributed by atoms with Gasteiger partial charge in [0.05, 0.1) is 31.0 Å². The Kier molecular flexibility index (Phi) is 3.37. The average Bonchev–Trinajstić information content (AvgIpc) is 2.66. The highest BCUT2D eigenvalue weighted by molar-refractivity contribution is 6.99. The van der Waals surface area contributed by atoms with Gasteiger partial charge in [0.2, 0.25) is 5.82 Å². The van der Waals surface area contributed by atoms with Crippen LogP contribution < -0.4 is 9.64 Å². The van der Waals surface area contributed by atoms with Crippen molar-refractivity contribution in [3.8, 4) is 5.88 Å². The maximum atomic E-state index is 5.59. The third-order valence-electron chi connectivity index (χ3n) is 2.10. The largest absolute Gasteiger partial charge is 0.472 e. The summed E-state index contributed by atoms with van der Waals surface area (Å²) >= 11 is 1.19. The average molecular weight is 229 g/mol. The SMILES string of the molecule is CC(C)Oc1nsnc1N1CCOCC1. The zero-order chi connectivity index (χ0) is 10.7. The van der Waals surface area contributed by atoms with Crippen LogP contribution in [0.4, 0.5) is 5.82 Å². The number of nitrogens with zero attached hydrogens (tertiary/aromatic N) is 3. The monoisotopic (exact) mass is 229 g/mol. The van der Waals surface area contributed by atoms with E-state index in [0.717, 1.165) is 32.1 Å². The quantitative estimate of drug-likeness (QED) is 0.778. The predicted octanol–water partition coefficient (Wildman–Crippen LogP) is 1.16. The topological polar surface area (TPSA) is 47.5 Å². The molecule has 0 radical (unpaired) electrons. The Morgan fingerprint density at radius 1 is 1.33 bits per heavy atom. The summed E-state index contributed by atoms with van der Waals surface area (Å²) in [6.45, 7) is 7.20. The Balaban J connectivity index is 2.09. The molecule has 0 saturated carbocycles. The number of anilines is 1. The molecule has 0 bridgehead atoms. The summed E-state index contributed by atoms with van der Waals surface area (Å²) in [5.41, 5.74) is 0. The van der Waals surface area contributed by atoms with Crippen molar-refractivity contribution in [2.45, 2.75) is 20.0 Å². The Morgan fingerprint density at radius 2 is 2.07 bits per heavy atom. The molecule has 0 aromatic carbocycles. The molecule has 0 spiro atoms. The van der Waals surface area contributed by atoms with E-state index in [1.54, 1.807) is 0 Å². The lowest BCUT2D eigenvalue weighted by molar-refractivity contribution is 0.122. The summed E-state index contributed by atoms with van der Waals surface area (Å²) in [7, 11) is 0. The maximum absolute atomic E-state index is 5.59. The molecule has 6 heteroatoms. The van der Waals surface area contributed by atoms with E-state index in [0.29, 0.717) is 5.88 Å². The van der Waals surface area contributed by atoms with Gasteiger partial charge in [-0.2, -0.15) is 4.37 Å². The fraction of sp³-hybridized carbons (Fsp3) is 0.778. The van der Waals surface area contributed by atoms with Crippen LogP contribution in [0.1, 0.15) is 13.8 Å². The molecule has 5 nitrogen and oxygen atoms in total. The number of ether oxygens (including phenoxy) is 2. The van der Waals surface area contributed by atoms with Crippen molar-refractivity contribution in [1.29, 1.82) is 0 Å². The van der Waals surface area contributed by atoms with Crippen molar-refractivity contribution in [3.63, 3.8) is 0 Å². The van der Waals surface area contributed by atoms with E-state index >= 15 is 0 Å². The fourth-order valence-corrected chi connectivity index (χ4v) is 1.95. The molecule has 2 heterocycles. The minimum Gasteiger partial charge on any atom is -0.472 e. The molecular weight excluding hydrogens is 214 g/mol. The van der Waals surface area contributed by atoms with Crippen LogP contribution in [-0.4, -0.2) is 41.2 Å². The summed E-state index contributed by atoms with van der Waals surface area (Å²) in [5, 5.41) is 0. The number of morpholine rings is 1. The number of rotatable bonds is 3. The zero-order valence-electron chi connectivity index (χ0n) is 8.97. The third kappa shape index (κ3) is 2.57. The molecular formula is C9H15N3O2S. The molecule has 1 aliphatic rings. The second-order valence-electron chi connectivity index (χ2n) is 3.66. The predicted molar refractivity (Wildman–Crippen MR) is 58.7 cm³/mol. The van der Waals surface area contributed by atoms with Gasteiger partial charge in [-0.05, 0) is 13.8 Å². The lowest BCUT2D eigenvalue weighted by Crippen LogP contribution is -2.36. The van der Waals surface area contributed by atoms with Crippen LogP contribution in [0.15, 0.2) is 0 Å². The first-order valence-corrected chi connectivity index (χ1v) is 5.82. The first kappa shape index (κ1) is 10.6. The highest BCUT2D eigenvalue weighted by atomic mass is 32.1. The van der Waals surface area contributed by atoms with Crippen molar-refractivity contribution in [2.75, 3.05) is 31.2 Å². The van der Waals surface area contributed by atoms with Crippen molar-refractivity contribution in [3.05, 3.63) is 0 Å². The molecule has 1 aliphatic heterocycles. The van der Waals surface area contributed by atoms with Crippen molar-refractivity contribution in [1.82, 2.24) is 8.75 Å². The third-order valence-corrected chi connectivity index (χ3v) is 2.60. The van der Waals surface area contributed by atoms with Crippen LogP contribution in [0.5, 0.6) is 5.88 Å². The normalized spacial score (nSPS) is 17.1. The first-order valence-electron chi connectivity index (χ1n) is 5.09. The maximum Gasteiger partial charge on any atom is 0.271 e. The molecule has 15 heavy (non-hydrogen) atoms. The van der Waals surface area contributed by atoms with Gasteiger partial charge in [0.1, 0.15) is 0 Å². The Hall–Kier alpha value is -0.880. The van der Waals surface area contributed by atoms with E-state index in [9.17, 15) is 0 Å². The van der Waals surface area contributed by atoms with Crippen LogP contribution in [0.3, 0.4) is 0 Å². The van der Waals surface area contributed by atoms with Crippen molar-refractivity contribution < 1.29 is 9.47 Å². The lowest BCUT2D eigenvalue weighted by Gasteiger charge is -2.27. The number of hydrogen-bond acceptors (Lipinski definition) is 6. The Labute approximate surface area is 93.3 Å². The van der Waals surface area contributed by atoms with E-state index in [4.69, 9.17) is 9.47 Å². The molecule has 1 saturated heterocycles. The Bertz CT molecular complexity index is 310. The molecule has 84 valence electrons. The van der Waals surface area contributed by atoms with Crippen LogP contribution in [0, 0.1) is 0 Å². The van der Waals surface area contributed by atoms with Crippen LogP contribution in [0.2, 0.25) is 0 Å². The van der Waals surface area contributed by atoms with Crippen molar-refractivity contribution >= 4 is 17.5 Å². The lowest BCUT2D eigenvalue weighted by atomic mass is 10.4. The summed E-state index contributed by atoms with van der Waals surface area (Å²) in [4.78, 5) is 2.16. The highest BCUT2D eigenvalue weighted by Gasteiger charge is 2.20. The molecule has 0 amide bonds. The molecule has 1 aromatic heterocycles. The van der Waals surface area contributed by atoms with Gasteiger partial charge in [0.15, 0.2) is 0 Å². The second-order valence-corrected chi connectivity index (χ2v) is 4.19. The summed E-state index contributed by atoms with van der Waals surface area (Å²) in [5.74, 6) is 1.51. The summed E-state index contributed by atoms with van der Waals surface area (Å²) < 4.78 is 19.3. The van der Waals surface area contributed by atoms with Gasteiger partial charge < -0.3 is 14.4 Å². The van der Waals surface area contributed by atoms with Gasteiger partial charge in [-0.25, -0.2) is 0 Å². The molecule has 1 fully saturated rings. The van der Waals surface area contributed by atoms with Gasteiger partial charge in [0.25, 0.3) is 5.88 Å². The van der Waals surface area contributed by atoms with Gasteiger partial charge in [-0.15, -0.1) is 4.37 Å². The number of hydrogen-bond donors (Lipinski definition) is 0.